The maximum atomic E-state index is 11.9. The fourth-order valence-corrected chi connectivity index (χ4v) is 3.53. The summed E-state index contributed by atoms with van der Waals surface area (Å²) in [5, 5.41) is 9.70. The zero-order chi connectivity index (χ0) is 18.8. The van der Waals surface area contributed by atoms with Crippen molar-refractivity contribution < 1.29 is 9.53 Å². The van der Waals surface area contributed by atoms with Crippen LogP contribution >= 0.6 is 24.0 Å². The molecule has 7 nitrogen and oxygen atoms in total. The van der Waals surface area contributed by atoms with Gasteiger partial charge in [-0.3, -0.25) is 9.69 Å². The maximum absolute atomic E-state index is 11.9. The van der Waals surface area contributed by atoms with Gasteiger partial charge in [0.1, 0.15) is 6.54 Å². The van der Waals surface area contributed by atoms with Crippen LogP contribution in [0.15, 0.2) is 4.99 Å². The van der Waals surface area contributed by atoms with E-state index in [9.17, 15) is 4.79 Å². The Balaban J connectivity index is 0.00000364. The quantitative estimate of drug-likeness (QED) is 0.244. The molecule has 1 saturated carbocycles. The van der Waals surface area contributed by atoms with Gasteiger partial charge in [0.15, 0.2) is 5.96 Å². The first-order valence-corrected chi connectivity index (χ1v) is 10.3. The van der Waals surface area contributed by atoms with Crippen LogP contribution in [0.5, 0.6) is 0 Å². The van der Waals surface area contributed by atoms with E-state index in [1.54, 1.807) is 0 Å². The van der Waals surface area contributed by atoms with E-state index in [0.29, 0.717) is 18.0 Å². The van der Waals surface area contributed by atoms with Gasteiger partial charge in [-0.15, -0.1) is 24.0 Å². The number of nitrogens with zero attached hydrogens (tertiary/aromatic N) is 2. The monoisotopic (exact) mass is 495 g/mol. The average Bonchev–Trinajstić information content (AvgIpc) is 3.47. The normalized spacial score (nSPS) is 19.3. The Kier molecular flexibility index (Phi) is 12.3. The molecular weight excluding hydrogens is 457 g/mol. The highest BCUT2D eigenvalue weighted by molar-refractivity contribution is 14.0. The molecule has 1 aliphatic heterocycles. The van der Waals surface area contributed by atoms with Crippen LogP contribution in [0, 0.1) is 5.92 Å². The summed E-state index contributed by atoms with van der Waals surface area (Å²) in [5.74, 6) is 1.37. The number of aliphatic imine (C=N–C) groups is 1. The number of hydrogen-bond donors (Lipinski definition) is 3. The Morgan fingerprint density at radius 1 is 1.15 bits per heavy atom. The minimum Gasteiger partial charge on any atom is -0.379 e. The molecule has 1 saturated heterocycles. The molecule has 0 aromatic rings. The van der Waals surface area contributed by atoms with Crippen molar-refractivity contribution in [3.05, 3.63) is 0 Å². The minimum atomic E-state index is 0. The number of ether oxygens (including phenoxy) is 1. The Morgan fingerprint density at radius 3 is 2.37 bits per heavy atom. The third-order valence-electron chi connectivity index (χ3n) is 5.25. The largest absolute Gasteiger partial charge is 0.379 e. The molecule has 1 atom stereocenters. The van der Waals surface area contributed by atoms with E-state index in [2.05, 4.69) is 39.7 Å². The fraction of sp³-hybridized carbons (Fsp3) is 0.895. The zero-order valence-corrected chi connectivity index (χ0v) is 19.5. The predicted octanol–water partition coefficient (Wildman–Crippen LogP) is 1.58. The van der Waals surface area contributed by atoms with Gasteiger partial charge in [0, 0.05) is 38.3 Å². The van der Waals surface area contributed by atoms with E-state index in [-0.39, 0.29) is 36.4 Å². The van der Waals surface area contributed by atoms with Crippen LogP contribution in [0.3, 0.4) is 0 Å². The molecule has 0 radical (unpaired) electrons. The molecule has 158 valence electrons. The van der Waals surface area contributed by atoms with Crippen LogP contribution in [-0.4, -0.2) is 74.8 Å². The predicted molar refractivity (Wildman–Crippen MR) is 121 cm³/mol. The Bertz CT molecular complexity index is 449. The number of hydrogen-bond acceptors (Lipinski definition) is 4. The smallest absolute Gasteiger partial charge is 0.242 e. The van der Waals surface area contributed by atoms with E-state index < -0.39 is 0 Å². The van der Waals surface area contributed by atoms with Crippen molar-refractivity contribution in [1.82, 2.24) is 20.9 Å². The van der Waals surface area contributed by atoms with Gasteiger partial charge in [-0.25, -0.2) is 4.99 Å². The number of carbonyl (C=O) groups excluding carboxylic acids is 1. The van der Waals surface area contributed by atoms with Crippen LogP contribution in [-0.2, 0) is 9.53 Å². The van der Waals surface area contributed by atoms with Gasteiger partial charge in [0.25, 0.3) is 0 Å². The standard InChI is InChI=1S/C19H37N5O2.HI/c1-4-15(5-2)17(24-9-11-26-12-10-24)13-21-19(20-6-3)22-14-18(25)23-16-7-8-16;/h15-17H,4-14H2,1-3H3,(H,23,25)(H2,20,21,22);1H. The molecule has 2 aliphatic rings. The summed E-state index contributed by atoms with van der Waals surface area (Å²) in [6.07, 6.45) is 4.53. The molecule has 8 heteroatoms. The Labute approximate surface area is 181 Å². The molecule has 1 unspecified atom stereocenters. The van der Waals surface area contributed by atoms with E-state index >= 15 is 0 Å². The number of halogens is 1. The molecule has 2 rings (SSSR count). The summed E-state index contributed by atoms with van der Waals surface area (Å²) in [6.45, 7) is 12.0. The summed E-state index contributed by atoms with van der Waals surface area (Å²) in [4.78, 5) is 18.9. The lowest BCUT2D eigenvalue weighted by molar-refractivity contribution is -0.119. The van der Waals surface area contributed by atoms with Gasteiger partial charge in [-0.2, -0.15) is 0 Å². The van der Waals surface area contributed by atoms with Crippen LogP contribution < -0.4 is 16.0 Å². The highest BCUT2D eigenvalue weighted by Crippen LogP contribution is 2.20. The first-order chi connectivity index (χ1) is 12.7. The SMILES string of the molecule is CCNC(=NCC(=O)NC1CC1)NCC(C(CC)CC)N1CCOCC1.I. The molecule has 0 spiro atoms. The summed E-state index contributed by atoms with van der Waals surface area (Å²) in [7, 11) is 0. The summed E-state index contributed by atoms with van der Waals surface area (Å²) < 4.78 is 5.52. The highest BCUT2D eigenvalue weighted by atomic mass is 127. The molecule has 0 bridgehead atoms. The number of nitrogens with one attached hydrogen (secondary N) is 3. The average molecular weight is 495 g/mol. The number of morpholine rings is 1. The molecule has 3 N–H and O–H groups in total. The van der Waals surface area contributed by atoms with Crippen LogP contribution in [0.2, 0.25) is 0 Å². The molecule has 1 amide bonds. The fourth-order valence-electron chi connectivity index (χ4n) is 3.53. The van der Waals surface area contributed by atoms with Gasteiger partial charge in [0.05, 0.1) is 13.2 Å². The second kappa shape index (κ2) is 13.5. The molecule has 27 heavy (non-hydrogen) atoms. The molecule has 1 heterocycles. The van der Waals surface area contributed by atoms with Crippen LogP contribution in [0.1, 0.15) is 46.5 Å². The van der Waals surface area contributed by atoms with Crippen molar-refractivity contribution in [3.63, 3.8) is 0 Å². The number of guanidine groups is 1. The lowest BCUT2D eigenvalue weighted by Gasteiger charge is -2.39. The maximum Gasteiger partial charge on any atom is 0.242 e. The zero-order valence-electron chi connectivity index (χ0n) is 17.1. The van der Waals surface area contributed by atoms with Crippen LogP contribution in [0.25, 0.3) is 0 Å². The van der Waals surface area contributed by atoms with Crippen molar-refractivity contribution in [1.29, 1.82) is 0 Å². The van der Waals surface area contributed by atoms with Crippen molar-refractivity contribution in [2.24, 2.45) is 10.9 Å². The second-order valence-electron chi connectivity index (χ2n) is 7.21. The minimum absolute atomic E-state index is 0. The van der Waals surface area contributed by atoms with Gasteiger partial charge in [-0.05, 0) is 25.7 Å². The van der Waals surface area contributed by atoms with Gasteiger partial charge in [-0.1, -0.05) is 26.7 Å². The first kappa shape index (κ1) is 24.4. The van der Waals surface area contributed by atoms with E-state index in [1.165, 1.54) is 0 Å². The topological polar surface area (TPSA) is 78.0 Å². The molecular formula is C19H38IN5O2. The van der Waals surface area contributed by atoms with Crippen LogP contribution in [0.4, 0.5) is 0 Å². The lowest BCUT2D eigenvalue weighted by atomic mass is 9.92. The lowest BCUT2D eigenvalue weighted by Crippen LogP contribution is -2.53. The third-order valence-corrected chi connectivity index (χ3v) is 5.25. The van der Waals surface area contributed by atoms with Gasteiger partial charge < -0.3 is 20.7 Å². The van der Waals surface area contributed by atoms with E-state index in [4.69, 9.17) is 4.74 Å². The van der Waals surface area contributed by atoms with Gasteiger partial charge >= 0.3 is 0 Å². The van der Waals surface area contributed by atoms with Crippen molar-refractivity contribution in [3.8, 4) is 0 Å². The molecule has 2 fully saturated rings. The van der Waals surface area contributed by atoms with E-state index in [1.807, 2.05) is 6.92 Å². The molecule has 1 aliphatic carbocycles. The Morgan fingerprint density at radius 2 is 1.81 bits per heavy atom. The molecule has 0 aromatic heterocycles. The third kappa shape index (κ3) is 8.95. The summed E-state index contributed by atoms with van der Waals surface area (Å²) >= 11 is 0. The van der Waals surface area contributed by atoms with Crippen molar-refractivity contribution in [2.45, 2.75) is 58.5 Å². The van der Waals surface area contributed by atoms with Crippen molar-refractivity contribution in [2.75, 3.05) is 45.9 Å². The Hall–Kier alpha value is -0.610. The number of rotatable bonds is 10. The van der Waals surface area contributed by atoms with E-state index in [0.717, 1.165) is 71.0 Å². The summed E-state index contributed by atoms with van der Waals surface area (Å²) in [5.41, 5.74) is 0. The van der Waals surface area contributed by atoms with Crippen molar-refractivity contribution >= 4 is 35.8 Å². The summed E-state index contributed by atoms with van der Waals surface area (Å²) in [6, 6.07) is 0.840. The number of carbonyl (C=O) groups is 1. The molecule has 0 aromatic carbocycles. The highest BCUT2D eigenvalue weighted by Gasteiger charge is 2.27. The number of amides is 1. The first-order valence-electron chi connectivity index (χ1n) is 10.3. The second-order valence-corrected chi connectivity index (χ2v) is 7.21. The van der Waals surface area contributed by atoms with Gasteiger partial charge in [0.2, 0.25) is 5.91 Å².